The summed E-state index contributed by atoms with van der Waals surface area (Å²) in [6.07, 6.45) is 4.73. The SMILES string of the molecule is CC1(Nc2ccc(C(=O)Nc3cc(-c4ccncc4)ccc3N)cc2)CCN(C(O)N2CCOCC2)CC1. The minimum atomic E-state index is -0.555. The number of likely N-dealkylation sites (tertiary alicyclic amines) is 1. The predicted molar refractivity (Wildman–Crippen MR) is 150 cm³/mol. The van der Waals surface area contributed by atoms with Crippen molar-refractivity contribution < 1.29 is 14.6 Å². The Morgan fingerprint density at radius 1 is 0.974 bits per heavy atom. The van der Waals surface area contributed by atoms with E-state index in [2.05, 4.69) is 32.3 Å². The van der Waals surface area contributed by atoms with Crippen molar-refractivity contribution in [2.75, 3.05) is 55.8 Å². The van der Waals surface area contributed by atoms with Crippen molar-refractivity contribution >= 4 is 23.0 Å². The van der Waals surface area contributed by atoms with Crippen LogP contribution in [0.2, 0.25) is 0 Å². The number of hydrogen-bond donors (Lipinski definition) is 4. The van der Waals surface area contributed by atoms with Crippen LogP contribution < -0.4 is 16.4 Å². The Labute approximate surface area is 223 Å². The zero-order valence-electron chi connectivity index (χ0n) is 21.8. The van der Waals surface area contributed by atoms with Crippen molar-refractivity contribution in [1.82, 2.24) is 14.8 Å². The smallest absolute Gasteiger partial charge is 0.255 e. The first-order valence-corrected chi connectivity index (χ1v) is 13.1. The monoisotopic (exact) mass is 516 g/mol. The van der Waals surface area contributed by atoms with Gasteiger partial charge in [0, 0.05) is 55.4 Å². The molecule has 9 nitrogen and oxygen atoms in total. The molecule has 0 saturated carbocycles. The van der Waals surface area contributed by atoms with Gasteiger partial charge in [-0.25, -0.2) is 0 Å². The van der Waals surface area contributed by atoms with Gasteiger partial charge in [0.15, 0.2) is 6.35 Å². The molecule has 1 unspecified atom stereocenters. The zero-order chi connectivity index (χ0) is 26.5. The molecule has 9 heteroatoms. The summed E-state index contributed by atoms with van der Waals surface area (Å²) in [5.74, 6) is -0.216. The van der Waals surface area contributed by atoms with Crippen molar-refractivity contribution in [2.45, 2.75) is 31.7 Å². The molecule has 5 rings (SSSR count). The van der Waals surface area contributed by atoms with Crippen LogP contribution in [-0.2, 0) is 4.74 Å². The van der Waals surface area contributed by atoms with E-state index in [4.69, 9.17) is 10.5 Å². The topological polar surface area (TPSA) is 116 Å². The summed E-state index contributed by atoms with van der Waals surface area (Å²) >= 11 is 0. The van der Waals surface area contributed by atoms with Gasteiger partial charge >= 0.3 is 0 Å². The molecule has 2 saturated heterocycles. The van der Waals surface area contributed by atoms with Crippen molar-refractivity contribution in [3.05, 3.63) is 72.6 Å². The fraction of sp³-hybridized carbons (Fsp3) is 0.379. The average Bonchev–Trinajstić information content (AvgIpc) is 2.95. The van der Waals surface area contributed by atoms with E-state index in [0.29, 0.717) is 30.2 Å². The fourth-order valence-corrected chi connectivity index (χ4v) is 5.05. The largest absolute Gasteiger partial charge is 0.397 e. The summed E-state index contributed by atoms with van der Waals surface area (Å²) in [7, 11) is 0. The number of carbonyl (C=O) groups is 1. The summed E-state index contributed by atoms with van der Waals surface area (Å²) in [5, 5.41) is 17.4. The molecule has 2 aromatic carbocycles. The van der Waals surface area contributed by atoms with E-state index in [1.807, 2.05) is 48.5 Å². The molecule has 1 aromatic heterocycles. The van der Waals surface area contributed by atoms with E-state index in [1.165, 1.54) is 0 Å². The maximum absolute atomic E-state index is 13.0. The molecule has 0 radical (unpaired) electrons. The molecular formula is C29H36N6O3. The van der Waals surface area contributed by atoms with Gasteiger partial charge in [0.2, 0.25) is 0 Å². The second-order valence-corrected chi connectivity index (χ2v) is 10.3. The van der Waals surface area contributed by atoms with E-state index in [-0.39, 0.29) is 11.4 Å². The van der Waals surface area contributed by atoms with Gasteiger partial charge < -0.3 is 26.2 Å². The number of amides is 1. The predicted octanol–water partition coefficient (Wildman–Crippen LogP) is 3.46. The lowest BCUT2D eigenvalue weighted by Gasteiger charge is -2.45. The number of nitrogens with zero attached hydrogens (tertiary/aromatic N) is 3. The highest BCUT2D eigenvalue weighted by atomic mass is 16.5. The number of aromatic nitrogens is 1. The van der Waals surface area contributed by atoms with E-state index in [0.717, 1.165) is 55.8 Å². The van der Waals surface area contributed by atoms with E-state index < -0.39 is 6.35 Å². The molecule has 1 amide bonds. The van der Waals surface area contributed by atoms with Gasteiger partial charge in [-0.1, -0.05) is 6.07 Å². The number of morpholine rings is 1. The second-order valence-electron chi connectivity index (χ2n) is 10.3. The van der Waals surface area contributed by atoms with Crippen LogP contribution >= 0.6 is 0 Å². The lowest BCUT2D eigenvalue weighted by atomic mass is 9.89. The molecule has 2 fully saturated rings. The quantitative estimate of drug-likeness (QED) is 0.353. The Hall–Kier alpha value is -3.50. The molecule has 3 aromatic rings. The Balaban J connectivity index is 1.17. The van der Waals surface area contributed by atoms with Crippen LogP contribution in [-0.4, -0.2) is 77.1 Å². The van der Waals surface area contributed by atoms with Crippen LogP contribution in [0.1, 0.15) is 30.1 Å². The first-order chi connectivity index (χ1) is 18.4. The van der Waals surface area contributed by atoms with E-state index >= 15 is 0 Å². The summed E-state index contributed by atoms with van der Waals surface area (Å²) in [4.78, 5) is 21.2. The summed E-state index contributed by atoms with van der Waals surface area (Å²) in [5.41, 5.74) is 10.6. The summed E-state index contributed by atoms with van der Waals surface area (Å²) in [6.45, 7) is 6.69. The number of rotatable bonds is 7. The van der Waals surface area contributed by atoms with Crippen LogP contribution in [0.4, 0.5) is 17.1 Å². The number of pyridine rings is 1. The zero-order valence-corrected chi connectivity index (χ0v) is 21.8. The minimum Gasteiger partial charge on any atom is -0.397 e. The molecule has 200 valence electrons. The minimum absolute atomic E-state index is 0.0904. The molecular weight excluding hydrogens is 480 g/mol. The van der Waals surface area contributed by atoms with Crippen LogP contribution in [0.15, 0.2) is 67.0 Å². The van der Waals surface area contributed by atoms with Gasteiger partial charge in [-0.3, -0.25) is 19.6 Å². The number of aliphatic hydroxyl groups is 1. The first kappa shape index (κ1) is 26.1. The van der Waals surface area contributed by atoms with Gasteiger partial charge in [-0.15, -0.1) is 0 Å². The molecule has 2 aliphatic heterocycles. The number of piperidine rings is 1. The lowest BCUT2D eigenvalue weighted by Crippen LogP contribution is -2.57. The van der Waals surface area contributed by atoms with Crippen LogP contribution in [0, 0.1) is 0 Å². The third-order valence-corrected chi connectivity index (χ3v) is 7.51. The third kappa shape index (κ3) is 6.14. The number of hydrogen-bond acceptors (Lipinski definition) is 8. The number of carbonyl (C=O) groups excluding carboxylic acids is 1. The second kappa shape index (κ2) is 11.5. The average molecular weight is 517 g/mol. The van der Waals surface area contributed by atoms with Crippen molar-refractivity contribution in [3.8, 4) is 11.1 Å². The van der Waals surface area contributed by atoms with Crippen molar-refractivity contribution in [2.24, 2.45) is 0 Å². The van der Waals surface area contributed by atoms with Crippen molar-refractivity contribution in [1.29, 1.82) is 0 Å². The number of anilines is 3. The lowest BCUT2D eigenvalue weighted by molar-refractivity contribution is -0.146. The maximum atomic E-state index is 13.0. The normalized spacial score (nSPS) is 19.0. The molecule has 0 bridgehead atoms. The molecule has 5 N–H and O–H groups in total. The standard InChI is InChI=1S/C29H36N6O3/c1-29(10-14-34(15-11-29)28(37)35-16-18-38-19-17-35)33-24-5-2-22(3-6-24)27(36)32-26-20-23(4-7-25(26)30)21-8-12-31-13-9-21/h2-9,12-13,20,28,33,37H,10-11,14-19,30H2,1H3,(H,32,36). The van der Waals surface area contributed by atoms with Crippen molar-refractivity contribution in [3.63, 3.8) is 0 Å². The van der Waals surface area contributed by atoms with Crippen LogP contribution in [0.3, 0.4) is 0 Å². The van der Waals surface area contributed by atoms with Crippen LogP contribution in [0.5, 0.6) is 0 Å². The third-order valence-electron chi connectivity index (χ3n) is 7.51. The Bertz CT molecular complexity index is 1220. The number of ether oxygens (including phenoxy) is 1. The van der Waals surface area contributed by atoms with Gasteiger partial charge in [0.05, 0.1) is 24.6 Å². The molecule has 1 atom stereocenters. The summed E-state index contributed by atoms with van der Waals surface area (Å²) in [6, 6.07) is 16.9. The molecule has 2 aliphatic rings. The highest BCUT2D eigenvalue weighted by Gasteiger charge is 2.34. The van der Waals surface area contributed by atoms with Gasteiger partial charge in [-0.2, -0.15) is 0 Å². The highest BCUT2D eigenvalue weighted by Crippen LogP contribution is 2.29. The number of nitrogens with two attached hydrogens (primary N) is 1. The Morgan fingerprint density at radius 3 is 2.32 bits per heavy atom. The van der Waals surface area contributed by atoms with Gasteiger partial charge in [0.1, 0.15) is 0 Å². The maximum Gasteiger partial charge on any atom is 0.255 e. The molecule has 0 aliphatic carbocycles. The number of nitrogen functional groups attached to an aromatic ring is 1. The highest BCUT2D eigenvalue weighted by molar-refractivity contribution is 6.06. The van der Waals surface area contributed by atoms with Gasteiger partial charge in [-0.05, 0) is 79.4 Å². The Morgan fingerprint density at radius 2 is 1.63 bits per heavy atom. The molecule has 3 heterocycles. The van der Waals surface area contributed by atoms with Gasteiger partial charge in [0.25, 0.3) is 5.91 Å². The number of benzene rings is 2. The number of nitrogens with one attached hydrogen (secondary N) is 2. The Kier molecular flexibility index (Phi) is 7.90. The number of aliphatic hydroxyl groups excluding tert-OH is 1. The van der Waals surface area contributed by atoms with Crippen LogP contribution in [0.25, 0.3) is 11.1 Å². The van der Waals surface area contributed by atoms with E-state index in [1.54, 1.807) is 18.5 Å². The molecule has 0 spiro atoms. The molecule has 38 heavy (non-hydrogen) atoms. The fourth-order valence-electron chi connectivity index (χ4n) is 5.05. The summed E-state index contributed by atoms with van der Waals surface area (Å²) < 4.78 is 5.40. The first-order valence-electron chi connectivity index (χ1n) is 13.1. The van der Waals surface area contributed by atoms with E-state index in [9.17, 15) is 9.90 Å².